The molecule has 0 spiro atoms. The Balaban J connectivity index is 1.95. The summed E-state index contributed by atoms with van der Waals surface area (Å²) in [5.74, 6) is -0.244. The summed E-state index contributed by atoms with van der Waals surface area (Å²) in [6, 6.07) is 0.388. The first-order chi connectivity index (χ1) is 8.03. The predicted octanol–water partition coefficient (Wildman–Crippen LogP) is -0.297. The molecule has 5 nitrogen and oxygen atoms in total. The zero-order valence-corrected chi connectivity index (χ0v) is 10.7. The third kappa shape index (κ3) is 2.61. The maximum Gasteiger partial charge on any atom is 0.239 e. The summed E-state index contributed by atoms with van der Waals surface area (Å²) < 4.78 is 5.56. The third-order valence-electron chi connectivity index (χ3n) is 4.08. The molecule has 0 aliphatic carbocycles. The highest BCUT2D eigenvalue weighted by Crippen LogP contribution is 2.26. The molecule has 0 aromatic rings. The van der Waals surface area contributed by atoms with Crippen molar-refractivity contribution in [1.82, 2.24) is 10.2 Å². The Kier molecular flexibility index (Phi) is 3.70. The Labute approximate surface area is 103 Å². The largest absolute Gasteiger partial charge is 0.377 e. The molecular weight excluding hydrogens is 218 g/mol. The highest BCUT2D eigenvalue weighted by Gasteiger charge is 2.45. The van der Waals surface area contributed by atoms with Crippen molar-refractivity contribution in [3.63, 3.8) is 0 Å². The fraction of sp³-hybridized carbons (Fsp3) is 0.917. The first-order valence-corrected chi connectivity index (χ1v) is 6.40. The number of likely N-dealkylation sites (tertiary alicyclic amines) is 1. The predicted molar refractivity (Wildman–Crippen MR) is 65.6 cm³/mol. The van der Waals surface area contributed by atoms with Crippen LogP contribution in [-0.2, 0) is 9.53 Å². The zero-order chi connectivity index (χ0) is 12.5. The molecule has 17 heavy (non-hydrogen) atoms. The van der Waals surface area contributed by atoms with Crippen molar-refractivity contribution in [3.05, 3.63) is 0 Å². The lowest BCUT2D eigenvalue weighted by Gasteiger charge is -2.28. The van der Waals surface area contributed by atoms with Crippen molar-refractivity contribution in [3.8, 4) is 0 Å². The standard InChI is InChI=1S/C12H23N3O2/c1-9-6-12(11(13)16,8-15(9)2)14-7-10-4-3-5-17-10/h9-10,14H,3-8H2,1-2H3,(H2,13,16). The van der Waals surface area contributed by atoms with Crippen LogP contribution in [0, 0.1) is 0 Å². The van der Waals surface area contributed by atoms with Gasteiger partial charge in [-0.1, -0.05) is 0 Å². The average Bonchev–Trinajstić information content (AvgIpc) is 2.86. The van der Waals surface area contributed by atoms with E-state index < -0.39 is 5.54 Å². The molecule has 2 heterocycles. The summed E-state index contributed by atoms with van der Waals surface area (Å²) in [6.07, 6.45) is 3.22. The van der Waals surface area contributed by atoms with Gasteiger partial charge in [0.2, 0.25) is 5.91 Å². The van der Waals surface area contributed by atoms with Gasteiger partial charge in [0.1, 0.15) is 5.54 Å². The minimum Gasteiger partial charge on any atom is -0.377 e. The topological polar surface area (TPSA) is 67.6 Å². The van der Waals surface area contributed by atoms with Crippen LogP contribution in [0.15, 0.2) is 0 Å². The smallest absolute Gasteiger partial charge is 0.239 e. The fourth-order valence-electron chi connectivity index (χ4n) is 2.81. The quantitative estimate of drug-likeness (QED) is 0.709. The second-order valence-corrected chi connectivity index (χ2v) is 5.43. The molecule has 0 aromatic carbocycles. The van der Waals surface area contributed by atoms with E-state index in [1.54, 1.807) is 0 Å². The Hall–Kier alpha value is -0.650. The Morgan fingerprint density at radius 3 is 2.88 bits per heavy atom. The molecule has 2 aliphatic rings. The maximum absolute atomic E-state index is 11.7. The lowest BCUT2D eigenvalue weighted by molar-refractivity contribution is -0.124. The van der Waals surface area contributed by atoms with Gasteiger partial charge in [0.25, 0.3) is 0 Å². The van der Waals surface area contributed by atoms with Crippen LogP contribution in [-0.4, -0.2) is 55.2 Å². The number of primary amides is 1. The SMILES string of the molecule is CC1CC(NCC2CCCO2)(C(N)=O)CN1C. The molecular formula is C12H23N3O2. The number of rotatable bonds is 4. The zero-order valence-electron chi connectivity index (χ0n) is 10.7. The van der Waals surface area contributed by atoms with Crippen molar-refractivity contribution in [1.29, 1.82) is 0 Å². The summed E-state index contributed by atoms with van der Waals surface area (Å²) in [7, 11) is 2.03. The van der Waals surface area contributed by atoms with Crippen molar-refractivity contribution in [2.45, 2.75) is 43.9 Å². The monoisotopic (exact) mass is 241 g/mol. The van der Waals surface area contributed by atoms with Gasteiger partial charge in [-0.25, -0.2) is 0 Å². The van der Waals surface area contributed by atoms with Crippen LogP contribution < -0.4 is 11.1 Å². The van der Waals surface area contributed by atoms with E-state index >= 15 is 0 Å². The van der Waals surface area contributed by atoms with E-state index in [-0.39, 0.29) is 12.0 Å². The summed E-state index contributed by atoms with van der Waals surface area (Å²) in [5.41, 5.74) is 5.00. The molecule has 2 fully saturated rings. The summed E-state index contributed by atoms with van der Waals surface area (Å²) in [6.45, 7) is 4.38. The van der Waals surface area contributed by atoms with E-state index in [1.165, 1.54) is 0 Å². The summed E-state index contributed by atoms with van der Waals surface area (Å²) in [4.78, 5) is 13.9. The van der Waals surface area contributed by atoms with E-state index in [1.807, 2.05) is 7.05 Å². The second-order valence-electron chi connectivity index (χ2n) is 5.43. The van der Waals surface area contributed by atoms with Crippen LogP contribution in [0.1, 0.15) is 26.2 Å². The lowest BCUT2D eigenvalue weighted by atomic mass is 9.95. The second kappa shape index (κ2) is 4.92. The molecule has 2 saturated heterocycles. The van der Waals surface area contributed by atoms with E-state index in [2.05, 4.69) is 17.1 Å². The molecule has 1 amide bonds. The Bertz CT molecular complexity index is 279. The van der Waals surface area contributed by atoms with E-state index in [0.29, 0.717) is 12.6 Å². The first kappa shape index (κ1) is 12.8. The normalized spacial score (nSPS) is 38.7. The number of carbonyl (C=O) groups excluding carboxylic acids is 1. The summed E-state index contributed by atoms with van der Waals surface area (Å²) in [5, 5.41) is 3.36. The molecule has 0 radical (unpaired) electrons. The van der Waals surface area contributed by atoms with Gasteiger partial charge < -0.3 is 15.4 Å². The maximum atomic E-state index is 11.7. The van der Waals surface area contributed by atoms with Gasteiger partial charge in [-0.15, -0.1) is 0 Å². The molecule has 5 heteroatoms. The minimum atomic E-state index is -0.569. The number of ether oxygens (including phenoxy) is 1. The van der Waals surface area contributed by atoms with E-state index in [0.717, 1.165) is 32.4 Å². The summed E-state index contributed by atoms with van der Waals surface area (Å²) >= 11 is 0. The van der Waals surface area contributed by atoms with E-state index in [4.69, 9.17) is 10.5 Å². The molecule has 0 aromatic heterocycles. The van der Waals surface area contributed by atoms with Crippen LogP contribution in [0.25, 0.3) is 0 Å². The van der Waals surface area contributed by atoms with Gasteiger partial charge in [0.15, 0.2) is 0 Å². The minimum absolute atomic E-state index is 0.243. The third-order valence-corrected chi connectivity index (χ3v) is 4.08. The van der Waals surface area contributed by atoms with Crippen molar-refractivity contribution in [2.24, 2.45) is 5.73 Å². The molecule has 0 saturated carbocycles. The van der Waals surface area contributed by atoms with Crippen LogP contribution in [0.2, 0.25) is 0 Å². The highest BCUT2D eigenvalue weighted by atomic mass is 16.5. The van der Waals surface area contributed by atoms with Gasteiger partial charge in [0.05, 0.1) is 6.10 Å². The number of hydrogen-bond donors (Lipinski definition) is 2. The molecule has 3 unspecified atom stereocenters. The van der Waals surface area contributed by atoms with Crippen molar-refractivity contribution >= 4 is 5.91 Å². The number of carbonyl (C=O) groups is 1. The molecule has 2 aliphatic heterocycles. The molecule has 3 N–H and O–H groups in total. The van der Waals surface area contributed by atoms with Gasteiger partial charge in [-0.3, -0.25) is 10.1 Å². The number of likely N-dealkylation sites (N-methyl/N-ethyl adjacent to an activating group) is 1. The number of nitrogens with one attached hydrogen (secondary N) is 1. The number of nitrogens with zero attached hydrogens (tertiary/aromatic N) is 1. The fourth-order valence-corrected chi connectivity index (χ4v) is 2.81. The molecule has 98 valence electrons. The van der Waals surface area contributed by atoms with Gasteiger partial charge in [-0.05, 0) is 33.2 Å². The average molecular weight is 241 g/mol. The van der Waals surface area contributed by atoms with Gasteiger partial charge in [-0.2, -0.15) is 0 Å². The van der Waals surface area contributed by atoms with Gasteiger partial charge in [0, 0.05) is 25.7 Å². The first-order valence-electron chi connectivity index (χ1n) is 6.40. The Morgan fingerprint density at radius 2 is 2.41 bits per heavy atom. The van der Waals surface area contributed by atoms with Crippen LogP contribution in [0.5, 0.6) is 0 Å². The Morgan fingerprint density at radius 1 is 1.65 bits per heavy atom. The highest BCUT2D eigenvalue weighted by molar-refractivity contribution is 5.85. The van der Waals surface area contributed by atoms with Crippen LogP contribution in [0.3, 0.4) is 0 Å². The van der Waals surface area contributed by atoms with Gasteiger partial charge >= 0.3 is 0 Å². The lowest BCUT2D eigenvalue weighted by Crippen LogP contribution is -2.58. The number of nitrogens with two attached hydrogens (primary N) is 1. The van der Waals surface area contributed by atoms with Crippen molar-refractivity contribution in [2.75, 3.05) is 26.7 Å². The van der Waals surface area contributed by atoms with Crippen molar-refractivity contribution < 1.29 is 9.53 Å². The molecule has 2 rings (SSSR count). The van der Waals surface area contributed by atoms with Crippen LogP contribution >= 0.6 is 0 Å². The number of amides is 1. The van der Waals surface area contributed by atoms with Crippen LogP contribution in [0.4, 0.5) is 0 Å². The van der Waals surface area contributed by atoms with E-state index in [9.17, 15) is 4.79 Å². The number of hydrogen-bond acceptors (Lipinski definition) is 4. The molecule has 3 atom stereocenters. The molecule has 0 bridgehead atoms.